The van der Waals surface area contributed by atoms with Gasteiger partial charge in [-0.2, -0.15) is 9.97 Å². The highest BCUT2D eigenvalue weighted by atomic mass is 35.5. The normalized spacial score (nSPS) is 10.5. The van der Waals surface area contributed by atoms with Crippen LogP contribution in [0.1, 0.15) is 12.8 Å². The van der Waals surface area contributed by atoms with Crippen molar-refractivity contribution in [3.05, 3.63) is 22.4 Å². The molecule has 0 aliphatic rings. The van der Waals surface area contributed by atoms with Crippen LogP contribution < -0.4 is 22.1 Å². The van der Waals surface area contributed by atoms with Gasteiger partial charge in [0.2, 0.25) is 11.9 Å². The largest absolute Gasteiger partial charge is 0.370 e. The number of nitrogens with two attached hydrogens (primary N) is 2. The van der Waals surface area contributed by atoms with E-state index >= 15 is 0 Å². The first-order chi connectivity index (χ1) is 10.5. The summed E-state index contributed by atoms with van der Waals surface area (Å²) in [7, 11) is 0. The van der Waals surface area contributed by atoms with Crippen molar-refractivity contribution >= 4 is 46.7 Å². The van der Waals surface area contributed by atoms with Gasteiger partial charge < -0.3 is 22.1 Å². The Hall–Kier alpha value is -2.06. The second-order valence-corrected chi connectivity index (χ2v) is 5.20. The maximum Gasteiger partial charge on any atom is 0.223 e. The number of unbranched alkanes of at least 4 members (excludes halogenated alkanes) is 1. The molecule has 10 heteroatoms. The highest BCUT2D eigenvalue weighted by molar-refractivity contribution is 6.30. The molecule has 6 N–H and O–H groups in total. The third-order valence-electron chi connectivity index (χ3n) is 2.64. The molecule has 0 bridgehead atoms. The Kier molecular flexibility index (Phi) is 5.79. The maximum absolute atomic E-state index is 5.79. The maximum atomic E-state index is 5.79. The molecular weight excluding hydrogens is 327 g/mol. The van der Waals surface area contributed by atoms with Crippen molar-refractivity contribution in [2.45, 2.75) is 12.8 Å². The number of halogens is 2. The van der Waals surface area contributed by atoms with Crippen LogP contribution >= 0.6 is 23.2 Å². The smallest absolute Gasteiger partial charge is 0.223 e. The van der Waals surface area contributed by atoms with Crippen LogP contribution in [0.2, 0.25) is 10.3 Å². The minimum Gasteiger partial charge on any atom is -0.370 e. The molecule has 0 unspecified atom stereocenters. The van der Waals surface area contributed by atoms with E-state index in [1.165, 1.54) is 0 Å². The van der Waals surface area contributed by atoms with Crippen LogP contribution in [-0.2, 0) is 0 Å². The van der Waals surface area contributed by atoms with Crippen molar-refractivity contribution in [1.82, 2.24) is 19.9 Å². The van der Waals surface area contributed by atoms with Gasteiger partial charge in [-0.3, -0.25) is 0 Å². The van der Waals surface area contributed by atoms with Gasteiger partial charge in [0.25, 0.3) is 0 Å². The van der Waals surface area contributed by atoms with Gasteiger partial charge in [0.15, 0.2) is 0 Å². The summed E-state index contributed by atoms with van der Waals surface area (Å²) in [5.74, 6) is 1.52. The fourth-order valence-corrected chi connectivity index (χ4v) is 2.11. The lowest BCUT2D eigenvalue weighted by molar-refractivity contribution is 0.791. The van der Waals surface area contributed by atoms with Gasteiger partial charge in [-0.25, -0.2) is 9.97 Å². The van der Waals surface area contributed by atoms with E-state index in [2.05, 4.69) is 30.6 Å². The Labute approximate surface area is 137 Å². The number of aromatic nitrogens is 4. The average molecular weight is 343 g/mol. The van der Waals surface area contributed by atoms with E-state index in [0.29, 0.717) is 21.9 Å². The van der Waals surface area contributed by atoms with Crippen molar-refractivity contribution in [3.8, 4) is 0 Å². The van der Waals surface area contributed by atoms with E-state index in [4.69, 9.17) is 34.7 Å². The zero-order chi connectivity index (χ0) is 15.9. The van der Waals surface area contributed by atoms with Gasteiger partial charge in [-0.05, 0) is 12.8 Å². The number of anilines is 4. The van der Waals surface area contributed by atoms with Crippen molar-refractivity contribution in [2.75, 3.05) is 35.2 Å². The zero-order valence-electron chi connectivity index (χ0n) is 11.7. The molecule has 0 radical (unpaired) electrons. The minimum absolute atomic E-state index is 0.148. The van der Waals surface area contributed by atoms with E-state index in [1.807, 2.05) is 0 Å². The summed E-state index contributed by atoms with van der Waals surface area (Å²) in [6, 6.07) is 3.25. The number of hydrogen-bond donors (Lipinski definition) is 4. The highest BCUT2D eigenvalue weighted by Crippen LogP contribution is 2.13. The predicted molar refractivity (Wildman–Crippen MR) is 89.1 cm³/mol. The first kappa shape index (κ1) is 16.3. The number of nitrogen functional groups attached to an aromatic ring is 2. The molecule has 0 atom stereocenters. The summed E-state index contributed by atoms with van der Waals surface area (Å²) in [6.45, 7) is 1.47. The van der Waals surface area contributed by atoms with Crippen LogP contribution in [0.5, 0.6) is 0 Å². The van der Waals surface area contributed by atoms with Crippen LogP contribution in [0, 0.1) is 0 Å². The van der Waals surface area contributed by atoms with Gasteiger partial charge in [0, 0.05) is 25.2 Å². The number of rotatable bonds is 7. The molecule has 0 amide bonds. The van der Waals surface area contributed by atoms with E-state index in [1.54, 1.807) is 12.1 Å². The van der Waals surface area contributed by atoms with Crippen LogP contribution in [0.25, 0.3) is 0 Å². The fourth-order valence-electron chi connectivity index (χ4n) is 1.73. The monoisotopic (exact) mass is 342 g/mol. The third kappa shape index (κ3) is 5.38. The number of nitrogens with one attached hydrogen (secondary N) is 2. The average Bonchev–Trinajstić information content (AvgIpc) is 2.40. The van der Waals surface area contributed by atoms with Crippen molar-refractivity contribution in [2.24, 2.45) is 0 Å². The lowest BCUT2D eigenvalue weighted by atomic mass is 10.3. The highest BCUT2D eigenvalue weighted by Gasteiger charge is 2.01. The molecule has 8 nitrogen and oxygen atoms in total. The van der Waals surface area contributed by atoms with Gasteiger partial charge in [0.05, 0.1) is 0 Å². The molecule has 118 valence electrons. The minimum atomic E-state index is 0.148. The lowest BCUT2D eigenvalue weighted by Crippen LogP contribution is -2.09. The van der Waals surface area contributed by atoms with Gasteiger partial charge in [-0.1, -0.05) is 23.2 Å². The lowest BCUT2D eigenvalue weighted by Gasteiger charge is -2.08. The number of nitrogens with zero attached hydrogens (tertiary/aromatic N) is 4. The molecule has 2 rings (SSSR count). The summed E-state index contributed by atoms with van der Waals surface area (Å²) >= 11 is 11.6. The Morgan fingerprint density at radius 1 is 0.773 bits per heavy atom. The second-order valence-electron chi connectivity index (χ2n) is 4.43. The van der Waals surface area contributed by atoms with Gasteiger partial charge in [-0.15, -0.1) is 0 Å². The molecule has 0 aliphatic carbocycles. The molecule has 0 aromatic carbocycles. The molecule has 0 spiro atoms. The molecule has 0 aliphatic heterocycles. The summed E-state index contributed by atoms with van der Waals surface area (Å²) in [5.41, 5.74) is 11.0. The summed E-state index contributed by atoms with van der Waals surface area (Å²) in [6.07, 6.45) is 1.84. The van der Waals surface area contributed by atoms with E-state index in [0.717, 1.165) is 25.9 Å². The Morgan fingerprint density at radius 3 is 1.55 bits per heavy atom. The Morgan fingerprint density at radius 2 is 1.18 bits per heavy atom. The second kappa shape index (κ2) is 7.81. The van der Waals surface area contributed by atoms with Crippen LogP contribution in [0.3, 0.4) is 0 Å². The molecule has 2 aromatic rings. The van der Waals surface area contributed by atoms with Crippen molar-refractivity contribution < 1.29 is 0 Å². The molecule has 2 heterocycles. The summed E-state index contributed by atoms with van der Waals surface area (Å²) < 4.78 is 0. The third-order valence-corrected chi connectivity index (χ3v) is 3.03. The quantitative estimate of drug-likeness (QED) is 0.444. The van der Waals surface area contributed by atoms with E-state index in [9.17, 15) is 0 Å². The standard InChI is InChI=1S/C12H16Cl2N8/c13-7-5-9(21-11(15)19-7)17-3-1-2-4-18-10-6-8(14)20-12(16)22-10/h5-6H,1-4H2,(H3,15,17,19,21)(H3,16,18,20,22). The molecule has 0 saturated carbocycles. The van der Waals surface area contributed by atoms with Crippen LogP contribution in [-0.4, -0.2) is 33.0 Å². The van der Waals surface area contributed by atoms with Gasteiger partial charge in [0.1, 0.15) is 21.9 Å². The molecule has 0 fully saturated rings. The molecule has 2 aromatic heterocycles. The molecule has 0 saturated heterocycles. The van der Waals surface area contributed by atoms with Crippen LogP contribution in [0.4, 0.5) is 23.5 Å². The van der Waals surface area contributed by atoms with E-state index in [-0.39, 0.29) is 11.9 Å². The first-order valence-electron chi connectivity index (χ1n) is 6.61. The fraction of sp³-hybridized carbons (Fsp3) is 0.333. The topological polar surface area (TPSA) is 128 Å². The summed E-state index contributed by atoms with van der Waals surface area (Å²) in [5, 5.41) is 6.90. The molecular formula is C12H16Cl2N8. The van der Waals surface area contributed by atoms with E-state index < -0.39 is 0 Å². The Bertz CT molecular complexity index is 541. The predicted octanol–water partition coefficient (Wildman–Crippen LogP) is 2.04. The van der Waals surface area contributed by atoms with Gasteiger partial charge >= 0.3 is 0 Å². The Balaban J connectivity index is 1.67. The zero-order valence-corrected chi connectivity index (χ0v) is 13.2. The van der Waals surface area contributed by atoms with Crippen LogP contribution in [0.15, 0.2) is 12.1 Å². The van der Waals surface area contributed by atoms with Crippen molar-refractivity contribution in [1.29, 1.82) is 0 Å². The number of hydrogen-bond acceptors (Lipinski definition) is 8. The first-order valence-corrected chi connectivity index (χ1v) is 7.36. The SMILES string of the molecule is Nc1nc(Cl)cc(NCCCCNc2cc(Cl)nc(N)n2)n1. The van der Waals surface area contributed by atoms with Crippen molar-refractivity contribution in [3.63, 3.8) is 0 Å². The molecule has 22 heavy (non-hydrogen) atoms. The summed E-state index contributed by atoms with van der Waals surface area (Å²) in [4.78, 5) is 15.6.